The van der Waals surface area contributed by atoms with Gasteiger partial charge in [0.25, 0.3) is 5.91 Å². The number of aryl methyl sites for hydroxylation is 1. The Morgan fingerprint density at radius 3 is 2.59 bits per heavy atom. The Balaban J connectivity index is 0.00000420. The lowest BCUT2D eigenvalue weighted by Crippen LogP contribution is -2.38. The van der Waals surface area contributed by atoms with E-state index in [9.17, 15) is 4.79 Å². The third kappa shape index (κ3) is 7.96. The highest BCUT2D eigenvalue weighted by molar-refractivity contribution is 14.0. The molecule has 2 aromatic rings. The molecule has 29 heavy (non-hydrogen) atoms. The maximum atomic E-state index is 11.7. The van der Waals surface area contributed by atoms with Crippen molar-refractivity contribution in [2.24, 2.45) is 12.0 Å². The minimum Gasteiger partial charge on any atom is -0.484 e. The van der Waals surface area contributed by atoms with Gasteiger partial charge in [-0.3, -0.25) is 4.79 Å². The molecule has 8 heteroatoms. The Labute approximate surface area is 190 Å². The van der Waals surface area contributed by atoms with Crippen molar-refractivity contribution >= 4 is 35.8 Å². The highest BCUT2D eigenvalue weighted by Gasteiger charge is 2.09. The minimum atomic E-state index is -0.0693. The van der Waals surface area contributed by atoms with E-state index in [1.807, 2.05) is 50.6 Å². The van der Waals surface area contributed by atoms with Crippen LogP contribution in [-0.4, -0.2) is 60.5 Å². The molecule has 0 aliphatic heterocycles. The molecule has 0 aliphatic carbocycles. The third-order valence-corrected chi connectivity index (χ3v) is 4.32. The topological polar surface area (TPSA) is 62.1 Å². The van der Waals surface area contributed by atoms with Gasteiger partial charge in [-0.25, -0.2) is 4.99 Å². The Bertz CT molecular complexity index is 804. The highest BCUT2D eigenvalue weighted by Crippen LogP contribution is 2.14. The number of amides is 1. The van der Waals surface area contributed by atoms with Crippen molar-refractivity contribution in [1.82, 2.24) is 19.7 Å². The van der Waals surface area contributed by atoms with Crippen LogP contribution in [0.15, 0.2) is 47.6 Å². The van der Waals surface area contributed by atoms with E-state index < -0.39 is 0 Å². The Morgan fingerprint density at radius 1 is 1.21 bits per heavy atom. The van der Waals surface area contributed by atoms with Gasteiger partial charge in [-0.2, -0.15) is 0 Å². The first-order chi connectivity index (χ1) is 13.4. The van der Waals surface area contributed by atoms with Crippen LogP contribution in [0.1, 0.15) is 18.2 Å². The maximum Gasteiger partial charge on any atom is 0.259 e. The number of aromatic nitrogens is 1. The second-order valence-electron chi connectivity index (χ2n) is 6.86. The molecule has 0 unspecified atom stereocenters. The predicted molar refractivity (Wildman–Crippen MR) is 128 cm³/mol. The van der Waals surface area contributed by atoms with E-state index in [4.69, 9.17) is 9.73 Å². The first kappa shape index (κ1) is 24.8. The summed E-state index contributed by atoms with van der Waals surface area (Å²) in [6.07, 6.45) is 2.04. The normalized spacial score (nSPS) is 10.9. The van der Waals surface area contributed by atoms with Crippen molar-refractivity contribution in [1.29, 1.82) is 0 Å². The number of likely N-dealkylation sites (N-methyl/N-ethyl adjacent to an activating group) is 1. The molecule has 1 amide bonds. The van der Waals surface area contributed by atoms with Crippen molar-refractivity contribution in [3.8, 4) is 5.75 Å². The molecule has 0 atom stereocenters. The van der Waals surface area contributed by atoms with Crippen molar-refractivity contribution in [2.45, 2.75) is 20.0 Å². The Morgan fingerprint density at radius 2 is 1.97 bits per heavy atom. The van der Waals surface area contributed by atoms with Crippen LogP contribution in [0.5, 0.6) is 5.75 Å². The molecule has 1 aromatic heterocycles. The van der Waals surface area contributed by atoms with Crippen molar-refractivity contribution < 1.29 is 9.53 Å². The van der Waals surface area contributed by atoms with Crippen LogP contribution in [0.4, 0.5) is 0 Å². The van der Waals surface area contributed by atoms with Crippen LogP contribution in [0.3, 0.4) is 0 Å². The number of ether oxygens (including phenoxy) is 1. The van der Waals surface area contributed by atoms with Crippen LogP contribution in [-0.2, 0) is 24.9 Å². The molecule has 2 rings (SSSR count). The maximum absolute atomic E-state index is 11.7. The molecule has 0 fully saturated rings. The monoisotopic (exact) mass is 513 g/mol. The van der Waals surface area contributed by atoms with Gasteiger partial charge in [-0.15, -0.1) is 24.0 Å². The van der Waals surface area contributed by atoms with Gasteiger partial charge in [0.05, 0.1) is 13.1 Å². The quantitative estimate of drug-likeness (QED) is 0.335. The van der Waals surface area contributed by atoms with Gasteiger partial charge in [0.2, 0.25) is 0 Å². The summed E-state index contributed by atoms with van der Waals surface area (Å²) in [6, 6.07) is 11.8. The smallest absolute Gasteiger partial charge is 0.259 e. The number of halogens is 1. The average molecular weight is 513 g/mol. The summed E-state index contributed by atoms with van der Waals surface area (Å²) in [5, 5.41) is 3.34. The van der Waals surface area contributed by atoms with Crippen LogP contribution in [0.2, 0.25) is 0 Å². The second-order valence-corrected chi connectivity index (χ2v) is 6.86. The molecule has 0 saturated heterocycles. The molecule has 1 aromatic carbocycles. The minimum absolute atomic E-state index is 0. The standard InChI is InChI=1S/C21H31N5O2.HI/c1-6-22-21(26(5)15-18-10-8-12-25(18)4)23-14-17-9-7-11-19(13-17)28-16-20(27)24(2)3;/h7-13H,6,14-16H2,1-5H3,(H,22,23);1H. The molecule has 0 spiro atoms. The lowest BCUT2D eigenvalue weighted by atomic mass is 10.2. The summed E-state index contributed by atoms with van der Waals surface area (Å²) >= 11 is 0. The molecule has 7 nitrogen and oxygen atoms in total. The fourth-order valence-corrected chi connectivity index (χ4v) is 2.62. The summed E-state index contributed by atoms with van der Waals surface area (Å²) in [7, 11) is 7.50. The molecule has 1 heterocycles. The molecular weight excluding hydrogens is 481 g/mol. The zero-order chi connectivity index (χ0) is 20.5. The Kier molecular flexibility index (Phi) is 10.6. The number of hydrogen-bond acceptors (Lipinski definition) is 3. The van der Waals surface area contributed by atoms with E-state index >= 15 is 0 Å². The number of hydrogen-bond donors (Lipinski definition) is 1. The zero-order valence-electron chi connectivity index (χ0n) is 17.9. The zero-order valence-corrected chi connectivity index (χ0v) is 20.2. The molecule has 0 aliphatic rings. The predicted octanol–water partition coefficient (Wildman–Crippen LogP) is 2.71. The van der Waals surface area contributed by atoms with Crippen LogP contribution >= 0.6 is 24.0 Å². The summed E-state index contributed by atoms with van der Waals surface area (Å²) in [4.78, 5) is 20.1. The van der Waals surface area contributed by atoms with Gasteiger partial charge >= 0.3 is 0 Å². The molecular formula is C21H32IN5O2. The van der Waals surface area contributed by atoms with Gasteiger partial charge in [0.1, 0.15) is 5.75 Å². The van der Waals surface area contributed by atoms with E-state index in [2.05, 4.69) is 27.8 Å². The van der Waals surface area contributed by atoms with Crippen LogP contribution < -0.4 is 10.1 Å². The lowest BCUT2D eigenvalue weighted by molar-refractivity contribution is -0.130. The van der Waals surface area contributed by atoms with E-state index in [0.29, 0.717) is 12.3 Å². The number of guanidine groups is 1. The van der Waals surface area contributed by atoms with Crippen molar-refractivity contribution in [3.63, 3.8) is 0 Å². The third-order valence-electron chi connectivity index (χ3n) is 4.32. The van der Waals surface area contributed by atoms with Gasteiger partial charge < -0.3 is 24.4 Å². The van der Waals surface area contributed by atoms with Crippen molar-refractivity contribution in [3.05, 3.63) is 53.9 Å². The largest absolute Gasteiger partial charge is 0.484 e. The number of rotatable bonds is 8. The van der Waals surface area contributed by atoms with Crippen LogP contribution in [0.25, 0.3) is 0 Å². The van der Waals surface area contributed by atoms with E-state index in [-0.39, 0.29) is 36.5 Å². The van der Waals surface area contributed by atoms with E-state index in [1.165, 1.54) is 10.6 Å². The summed E-state index contributed by atoms with van der Waals surface area (Å²) in [5.74, 6) is 1.45. The van der Waals surface area contributed by atoms with Crippen LogP contribution in [0, 0.1) is 0 Å². The highest BCUT2D eigenvalue weighted by atomic mass is 127. The van der Waals surface area contributed by atoms with Crippen molar-refractivity contribution in [2.75, 3.05) is 34.3 Å². The van der Waals surface area contributed by atoms with Gasteiger partial charge in [-0.05, 0) is 36.8 Å². The number of aliphatic imine (C=N–C) groups is 1. The summed E-state index contributed by atoms with van der Waals surface area (Å²) < 4.78 is 7.69. The first-order valence-electron chi connectivity index (χ1n) is 9.42. The van der Waals surface area contributed by atoms with E-state index in [1.54, 1.807) is 14.1 Å². The fraction of sp³-hybridized carbons (Fsp3) is 0.429. The SMILES string of the molecule is CCNC(=NCc1cccc(OCC(=O)N(C)C)c1)N(C)Cc1cccn1C.I. The lowest BCUT2D eigenvalue weighted by Gasteiger charge is -2.22. The fourth-order valence-electron chi connectivity index (χ4n) is 2.62. The molecule has 0 bridgehead atoms. The Hall–Kier alpha value is -2.23. The molecule has 160 valence electrons. The van der Waals surface area contributed by atoms with Gasteiger partial charge in [-0.1, -0.05) is 12.1 Å². The molecule has 1 N–H and O–H groups in total. The second kappa shape index (κ2) is 12.4. The summed E-state index contributed by atoms with van der Waals surface area (Å²) in [6.45, 7) is 4.18. The number of nitrogens with zero attached hydrogens (tertiary/aromatic N) is 4. The molecule has 0 radical (unpaired) electrons. The molecule has 0 saturated carbocycles. The first-order valence-corrected chi connectivity index (χ1v) is 9.42. The number of carbonyl (C=O) groups is 1. The number of carbonyl (C=O) groups excluding carboxylic acids is 1. The number of benzene rings is 1. The van der Waals surface area contributed by atoms with E-state index in [0.717, 1.165) is 24.6 Å². The van der Waals surface area contributed by atoms with Gasteiger partial charge in [0, 0.05) is 46.6 Å². The number of nitrogens with one attached hydrogen (secondary N) is 1. The summed E-state index contributed by atoms with van der Waals surface area (Å²) in [5.41, 5.74) is 2.24. The van der Waals surface area contributed by atoms with Gasteiger partial charge in [0.15, 0.2) is 12.6 Å². The average Bonchev–Trinajstić information content (AvgIpc) is 3.07.